The molecule has 20 heavy (non-hydrogen) atoms. The standard InChI is InChI=1S/C14H18N2O3S/c1-14(13(18)16-6-4-10(17)5-7-16)9-11(15-19-14)12-3-2-8-20-12/h2-3,8,10,17H,4-7,9H2,1H3/t14-/m0/s1. The van der Waals surface area contributed by atoms with Gasteiger partial charge in [-0.3, -0.25) is 4.79 Å². The molecule has 1 aromatic heterocycles. The van der Waals surface area contributed by atoms with Gasteiger partial charge in [-0.15, -0.1) is 11.3 Å². The molecule has 1 N–H and O–H groups in total. The fourth-order valence-corrected chi connectivity index (χ4v) is 3.34. The molecule has 0 bridgehead atoms. The Morgan fingerprint density at radius 3 is 2.95 bits per heavy atom. The Balaban J connectivity index is 1.67. The van der Waals surface area contributed by atoms with E-state index in [1.165, 1.54) is 0 Å². The fourth-order valence-electron chi connectivity index (χ4n) is 2.63. The summed E-state index contributed by atoms with van der Waals surface area (Å²) in [5, 5.41) is 15.6. The predicted octanol–water partition coefficient (Wildman–Crippen LogP) is 1.61. The minimum absolute atomic E-state index is 0.0280. The van der Waals surface area contributed by atoms with Crippen LogP contribution in [-0.4, -0.2) is 46.4 Å². The fraction of sp³-hybridized carbons (Fsp3) is 0.571. The molecule has 1 amide bonds. The van der Waals surface area contributed by atoms with Crippen molar-refractivity contribution in [3.63, 3.8) is 0 Å². The van der Waals surface area contributed by atoms with Crippen LogP contribution in [0.1, 0.15) is 31.1 Å². The van der Waals surface area contributed by atoms with E-state index in [0.29, 0.717) is 32.4 Å². The first-order valence-electron chi connectivity index (χ1n) is 6.85. The van der Waals surface area contributed by atoms with E-state index in [1.807, 2.05) is 17.5 Å². The van der Waals surface area contributed by atoms with Crippen LogP contribution < -0.4 is 0 Å². The van der Waals surface area contributed by atoms with Crippen LogP contribution in [-0.2, 0) is 9.63 Å². The van der Waals surface area contributed by atoms with Crippen molar-refractivity contribution in [2.24, 2.45) is 5.16 Å². The van der Waals surface area contributed by atoms with Crippen molar-refractivity contribution in [2.45, 2.75) is 37.9 Å². The molecule has 3 rings (SSSR count). The van der Waals surface area contributed by atoms with Crippen LogP contribution in [0.25, 0.3) is 0 Å². The van der Waals surface area contributed by atoms with Gasteiger partial charge in [0.15, 0.2) is 0 Å². The Hall–Kier alpha value is -1.40. The van der Waals surface area contributed by atoms with E-state index in [9.17, 15) is 9.90 Å². The van der Waals surface area contributed by atoms with Crippen LogP contribution in [0, 0.1) is 0 Å². The molecule has 1 fully saturated rings. The molecule has 0 saturated carbocycles. The molecule has 2 aliphatic rings. The van der Waals surface area contributed by atoms with Crippen molar-refractivity contribution < 1.29 is 14.7 Å². The number of likely N-dealkylation sites (tertiary alicyclic amines) is 1. The molecule has 1 aromatic rings. The van der Waals surface area contributed by atoms with E-state index in [1.54, 1.807) is 23.2 Å². The molecule has 1 atom stereocenters. The lowest BCUT2D eigenvalue weighted by Crippen LogP contribution is -2.50. The summed E-state index contributed by atoms with van der Waals surface area (Å²) in [6.45, 7) is 2.98. The minimum atomic E-state index is -0.901. The number of carbonyl (C=O) groups is 1. The second-order valence-electron chi connectivity index (χ2n) is 5.54. The molecule has 5 nitrogen and oxygen atoms in total. The molecule has 0 aliphatic carbocycles. The molecular formula is C14H18N2O3S. The highest BCUT2D eigenvalue weighted by Crippen LogP contribution is 2.30. The van der Waals surface area contributed by atoms with Gasteiger partial charge in [-0.25, -0.2) is 0 Å². The van der Waals surface area contributed by atoms with E-state index < -0.39 is 5.60 Å². The first-order valence-corrected chi connectivity index (χ1v) is 7.73. The predicted molar refractivity (Wildman–Crippen MR) is 76.8 cm³/mol. The van der Waals surface area contributed by atoms with E-state index in [4.69, 9.17) is 4.84 Å². The summed E-state index contributed by atoms with van der Waals surface area (Å²) in [6, 6.07) is 3.95. The molecular weight excluding hydrogens is 276 g/mol. The van der Waals surface area contributed by atoms with Crippen molar-refractivity contribution in [2.75, 3.05) is 13.1 Å². The Labute approximate surface area is 121 Å². The Morgan fingerprint density at radius 2 is 2.30 bits per heavy atom. The largest absolute Gasteiger partial charge is 0.393 e. The van der Waals surface area contributed by atoms with Gasteiger partial charge < -0.3 is 14.8 Å². The number of rotatable bonds is 2. The number of aliphatic hydroxyl groups is 1. The maximum atomic E-state index is 12.6. The highest BCUT2D eigenvalue weighted by molar-refractivity contribution is 7.12. The Morgan fingerprint density at radius 1 is 1.55 bits per heavy atom. The zero-order valence-electron chi connectivity index (χ0n) is 11.4. The van der Waals surface area contributed by atoms with Crippen molar-refractivity contribution in [1.29, 1.82) is 0 Å². The van der Waals surface area contributed by atoms with Gasteiger partial charge in [0.2, 0.25) is 5.60 Å². The third kappa shape index (κ3) is 2.45. The average Bonchev–Trinajstić information content (AvgIpc) is 3.08. The van der Waals surface area contributed by atoms with Crippen molar-refractivity contribution in [3.8, 4) is 0 Å². The molecule has 0 aromatic carbocycles. The number of oxime groups is 1. The number of carbonyl (C=O) groups excluding carboxylic acids is 1. The number of hydrogen-bond acceptors (Lipinski definition) is 5. The normalized spacial score (nSPS) is 27.3. The zero-order valence-corrected chi connectivity index (χ0v) is 12.2. The summed E-state index contributed by atoms with van der Waals surface area (Å²) in [5.41, 5.74) is -0.0605. The lowest BCUT2D eigenvalue weighted by molar-refractivity contribution is -0.155. The highest BCUT2D eigenvalue weighted by Gasteiger charge is 2.45. The van der Waals surface area contributed by atoms with Crippen LogP contribution in [0.2, 0.25) is 0 Å². The number of amides is 1. The first kappa shape index (κ1) is 13.6. The number of thiophene rings is 1. The summed E-state index contributed by atoms with van der Waals surface area (Å²) in [5.74, 6) is -0.0280. The summed E-state index contributed by atoms with van der Waals surface area (Å²) >= 11 is 1.60. The van der Waals surface area contributed by atoms with Crippen LogP contribution in [0.15, 0.2) is 22.7 Å². The summed E-state index contributed by atoms with van der Waals surface area (Å²) in [7, 11) is 0. The summed E-state index contributed by atoms with van der Waals surface area (Å²) < 4.78 is 0. The van der Waals surface area contributed by atoms with E-state index in [2.05, 4.69) is 5.16 Å². The van der Waals surface area contributed by atoms with Gasteiger partial charge in [0, 0.05) is 19.5 Å². The molecule has 108 valence electrons. The Bertz CT molecular complexity index is 521. The highest BCUT2D eigenvalue weighted by atomic mass is 32.1. The van der Waals surface area contributed by atoms with Gasteiger partial charge in [0.1, 0.15) is 5.71 Å². The maximum Gasteiger partial charge on any atom is 0.269 e. The van der Waals surface area contributed by atoms with E-state index in [0.717, 1.165) is 10.6 Å². The molecule has 6 heteroatoms. The minimum Gasteiger partial charge on any atom is -0.393 e. The van der Waals surface area contributed by atoms with Gasteiger partial charge >= 0.3 is 0 Å². The molecule has 3 heterocycles. The van der Waals surface area contributed by atoms with Crippen molar-refractivity contribution >= 4 is 23.0 Å². The smallest absolute Gasteiger partial charge is 0.269 e. The number of piperidine rings is 1. The summed E-state index contributed by atoms with van der Waals surface area (Å²) in [6.07, 6.45) is 1.50. The molecule has 0 radical (unpaired) electrons. The van der Waals surface area contributed by atoms with Gasteiger partial charge in [-0.05, 0) is 31.2 Å². The molecule has 0 spiro atoms. The van der Waals surface area contributed by atoms with Crippen molar-refractivity contribution in [3.05, 3.63) is 22.4 Å². The van der Waals surface area contributed by atoms with E-state index in [-0.39, 0.29) is 12.0 Å². The van der Waals surface area contributed by atoms with Gasteiger partial charge in [-0.1, -0.05) is 11.2 Å². The lowest BCUT2D eigenvalue weighted by Gasteiger charge is -2.34. The van der Waals surface area contributed by atoms with Crippen LogP contribution in [0.4, 0.5) is 0 Å². The third-order valence-electron chi connectivity index (χ3n) is 3.87. The van der Waals surface area contributed by atoms with Gasteiger partial charge in [0.05, 0.1) is 11.0 Å². The molecule has 2 aliphatic heterocycles. The van der Waals surface area contributed by atoms with Crippen LogP contribution in [0.3, 0.4) is 0 Å². The number of hydrogen-bond donors (Lipinski definition) is 1. The van der Waals surface area contributed by atoms with Crippen molar-refractivity contribution in [1.82, 2.24) is 4.90 Å². The van der Waals surface area contributed by atoms with Crippen LogP contribution >= 0.6 is 11.3 Å². The maximum absolute atomic E-state index is 12.6. The monoisotopic (exact) mass is 294 g/mol. The second kappa shape index (κ2) is 5.18. The second-order valence-corrected chi connectivity index (χ2v) is 6.49. The molecule has 0 unspecified atom stereocenters. The lowest BCUT2D eigenvalue weighted by atomic mass is 9.96. The SMILES string of the molecule is C[C@@]1(C(=O)N2CCC(O)CC2)CC(c2cccs2)=NO1. The van der Waals surface area contributed by atoms with Gasteiger partial charge in [-0.2, -0.15) is 0 Å². The van der Waals surface area contributed by atoms with Gasteiger partial charge in [0.25, 0.3) is 5.91 Å². The van der Waals surface area contributed by atoms with Crippen LogP contribution in [0.5, 0.6) is 0 Å². The first-order chi connectivity index (χ1) is 9.58. The summed E-state index contributed by atoms with van der Waals surface area (Å²) in [4.78, 5) is 20.9. The topological polar surface area (TPSA) is 62.1 Å². The van der Waals surface area contributed by atoms with E-state index >= 15 is 0 Å². The third-order valence-corrected chi connectivity index (χ3v) is 4.79. The zero-order chi connectivity index (χ0) is 14.2. The molecule has 1 saturated heterocycles. The quantitative estimate of drug-likeness (QED) is 0.901. The average molecular weight is 294 g/mol. The number of aliphatic hydroxyl groups excluding tert-OH is 1. The Kier molecular flexibility index (Phi) is 3.52. The number of nitrogens with zero attached hydrogens (tertiary/aromatic N) is 2.